The number of benzene rings is 3. The maximum absolute atomic E-state index is 12.9. The molecule has 1 aliphatic rings. The molecular formula is C26H19ClFN3O5S. The fraction of sp³-hybridized carbons (Fsp3) is 0.0769. The fourth-order valence-corrected chi connectivity index (χ4v) is 4.24. The monoisotopic (exact) mass is 539 g/mol. The van der Waals surface area contributed by atoms with Crippen molar-refractivity contribution in [1.29, 1.82) is 0 Å². The molecule has 4 rings (SSSR count). The van der Waals surface area contributed by atoms with E-state index in [-0.39, 0.29) is 11.5 Å². The lowest BCUT2D eigenvalue weighted by atomic mass is 10.2. The minimum absolute atomic E-state index is 0.169. The Bertz CT molecular complexity index is 1380. The number of halogens is 2. The Morgan fingerprint density at radius 3 is 2.35 bits per heavy atom. The van der Waals surface area contributed by atoms with Crippen LogP contribution in [0.2, 0.25) is 5.02 Å². The minimum atomic E-state index is -0.581. The number of nitrogens with one attached hydrogen (secondary N) is 2. The summed E-state index contributed by atoms with van der Waals surface area (Å²) in [5.74, 6) is -1.54. The average Bonchev–Trinajstić information content (AvgIpc) is 3.13. The molecule has 1 heterocycles. The molecule has 0 radical (unpaired) electrons. The van der Waals surface area contributed by atoms with Crippen LogP contribution in [0.4, 0.5) is 20.6 Å². The fourth-order valence-electron chi connectivity index (χ4n) is 3.22. The van der Waals surface area contributed by atoms with Crippen LogP contribution >= 0.6 is 23.4 Å². The smallest absolute Gasteiger partial charge is 0.294 e. The van der Waals surface area contributed by atoms with Gasteiger partial charge in [0.1, 0.15) is 18.1 Å². The van der Waals surface area contributed by atoms with Gasteiger partial charge in [0.15, 0.2) is 6.61 Å². The number of para-hydroxylation sites is 1. The molecule has 0 bridgehead atoms. The predicted molar refractivity (Wildman–Crippen MR) is 140 cm³/mol. The first-order valence-corrected chi connectivity index (χ1v) is 12.1. The van der Waals surface area contributed by atoms with E-state index >= 15 is 0 Å². The van der Waals surface area contributed by atoms with Crippen LogP contribution < -0.4 is 15.4 Å². The summed E-state index contributed by atoms with van der Waals surface area (Å²) in [6.07, 6.45) is 1.53. The summed E-state index contributed by atoms with van der Waals surface area (Å²) in [6.45, 7) is -0.703. The van der Waals surface area contributed by atoms with E-state index in [0.717, 1.165) is 16.7 Å². The van der Waals surface area contributed by atoms with Crippen LogP contribution in [0, 0.1) is 5.82 Å². The molecule has 0 unspecified atom stereocenters. The van der Waals surface area contributed by atoms with Crippen molar-refractivity contribution in [2.75, 3.05) is 23.8 Å². The molecule has 3 aromatic carbocycles. The highest BCUT2D eigenvalue weighted by molar-refractivity contribution is 8.18. The van der Waals surface area contributed by atoms with Crippen molar-refractivity contribution >= 4 is 63.8 Å². The van der Waals surface area contributed by atoms with Crippen LogP contribution in [0.15, 0.2) is 77.7 Å². The molecule has 2 N–H and O–H groups in total. The van der Waals surface area contributed by atoms with Crippen molar-refractivity contribution in [2.45, 2.75) is 0 Å². The molecule has 0 spiro atoms. The lowest BCUT2D eigenvalue weighted by Gasteiger charge is -2.13. The van der Waals surface area contributed by atoms with Crippen LogP contribution in [0.3, 0.4) is 0 Å². The summed E-state index contributed by atoms with van der Waals surface area (Å²) in [6, 6.07) is 18.5. The Labute approximate surface area is 220 Å². The van der Waals surface area contributed by atoms with Gasteiger partial charge in [-0.1, -0.05) is 35.9 Å². The van der Waals surface area contributed by atoms with Gasteiger partial charge in [-0.25, -0.2) is 4.39 Å². The van der Waals surface area contributed by atoms with Crippen molar-refractivity contribution in [2.24, 2.45) is 0 Å². The Morgan fingerprint density at radius 1 is 0.946 bits per heavy atom. The van der Waals surface area contributed by atoms with Crippen molar-refractivity contribution < 1.29 is 28.3 Å². The van der Waals surface area contributed by atoms with Crippen molar-refractivity contribution in [1.82, 2.24) is 4.90 Å². The molecule has 8 nitrogen and oxygen atoms in total. The number of hydrogen-bond acceptors (Lipinski definition) is 6. The molecule has 4 amide bonds. The molecule has 0 saturated carbocycles. The van der Waals surface area contributed by atoms with Crippen molar-refractivity contribution in [3.05, 3.63) is 94.1 Å². The molecule has 3 aromatic rings. The van der Waals surface area contributed by atoms with Gasteiger partial charge in [-0.2, -0.15) is 0 Å². The van der Waals surface area contributed by atoms with Gasteiger partial charge in [-0.15, -0.1) is 0 Å². The summed E-state index contributed by atoms with van der Waals surface area (Å²) >= 11 is 6.76. The third-order valence-corrected chi connectivity index (χ3v) is 6.24. The van der Waals surface area contributed by atoms with E-state index in [1.54, 1.807) is 48.5 Å². The zero-order chi connectivity index (χ0) is 26.4. The Kier molecular flexibility index (Phi) is 8.22. The first-order valence-electron chi connectivity index (χ1n) is 10.9. The Balaban J connectivity index is 1.31. The summed E-state index contributed by atoms with van der Waals surface area (Å²) in [5, 5.41) is 4.95. The summed E-state index contributed by atoms with van der Waals surface area (Å²) in [5.41, 5.74) is 1.45. The molecule has 0 aromatic heterocycles. The maximum atomic E-state index is 12.9. The van der Waals surface area contributed by atoms with Crippen LogP contribution in [0.5, 0.6) is 5.75 Å². The van der Waals surface area contributed by atoms with Crippen LogP contribution in [-0.2, 0) is 14.4 Å². The summed E-state index contributed by atoms with van der Waals surface area (Å²) in [4.78, 5) is 50.4. The van der Waals surface area contributed by atoms with Gasteiger partial charge in [0.2, 0.25) is 5.91 Å². The van der Waals surface area contributed by atoms with E-state index in [4.69, 9.17) is 16.3 Å². The van der Waals surface area contributed by atoms with Gasteiger partial charge in [0.25, 0.3) is 17.1 Å². The molecule has 1 fully saturated rings. The Morgan fingerprint density at radius 2 is 1.65 bits per heavy atom. The standard InChI is InChI=1S/C26H19ClFN3O5S/c27-20-3-1-2-4-21(20)30-23(32)14-31-25(34)22(37-26(31)35)13-16-5-11-19(12-6-16)36-15-24(33)29-18-9-7-17(28)8-10-18/h1-13H,14-15H2,(H,29,33)(H,30,32)/b22-13+. The lowest BCUT2D eigenvalue weighted by Crippen LogP contribution is -2.36. The molecule has 11 heteroatoms. The quantitative estimate of drug-likeness (QED) is 0.383. The third-order valence-electron chi connectivity index (χ3n) is 5.00. The second-order valence-corrected chi connectivity index (χ2v) is 9.11. The van der Waals surface area contributed by atoms with Gasteiger partial charge >= 0.3 is 0 Å². The first-order chi connectivity index (χ1) is 17.8. The van der Waals surface area contributed by atoms with Crippen molar-refractivity contribution in [3.63, 3.8) is 0 Å². The largest absolute Gasteiger partial charge is 0.484 e. The third kappa shape index (κ3) is 6.96. The number of nitrogens with zero attached hydrogens (tertiary/aromatic N) is 1. The highest BCUT2D eigenvalue weighted by Crippen LogP contribution is 2.32. The average molecular weight is 540 g/mol. The SMILES string of the molecule is O=C(COc1ccc(/C=C2/SC(=O)N(CC(=O)Nc3ccccc3Cl)C2=O)cc1)Nc1ccc(F)cc1. The molecule has 0 atom stereocenters. The van der Waals surface area contributed by atoms with Crippen molar-refractivity contribution in [3.8, 4) is 5.75 Å². The minimum Gasteiger partial charge on any atom is -0.484 e. The molecule has 1 aliphatic heterocycles. The van der Waals surface area contributed by atoms with E-state index in [0.29, 0.717) is 27.7 Å². The number of rotatable bonds is 8. The zero-order valence-electron chi connectivity index (χ0n) is 19.1. The van der Waals surface area contributed by atoms with Crippen LogP contribution in [0.25, 0.3) is 6.08 Å². The van der Waals surface area contributed by atoms with Gasteiger partial charge in [0.05, 0.1) is 15.6 Å². The topological polar surface area (TPSA) is 105 Å². The first kappa shape index (κ1) is 25.9. The Hall–Kier alpha value is -4.15. The number of hydrogen-bond donors (Lipinski definition) is 2. The number of imide groups is 1. The van der Waals surface area contributed by atoms with E-state index in [1.807, 2.05) is 0 Å². The number of amides is 4. The molecule has 37 heavy (non-hydrogen) atoms. The van der Waals surface area contributed by atoms with E-state index in [2.05, 4.69) is 10.6 Å². The predicted octanol–water partition coefficient (Wildman–Crippen LogP) is 5.17. The second-order valence-electron chi connectivity index (χ2n) is 7.71. The van der Waals surface area contributed by atoms with Crippen LogP contribution in [0.1, 0.15) is 5.56 Å². The highest BCUT2D eigenvalue weighted by Gasteiger charge is 2.36. The zero-order valence-corrected chi connectivity index (χ0v) is 20.6. The van der Waals surface area contributed by atoms with E-state index in [1.165, 1.54) is 30.3 Å². The highest BCUT2D eigenvalue weighted by atomic mass is 35.5. The second kappa shape index (κ2) is 11.7. The summed E-state index contributed by atoms with van der Waals surface area (Å²) < 4.78 is 18.4. The molecule has 188 valence electrons. The molecular weight excluding hydrogens is 521 g/mol. The van der Waals surface area contributed by atoms with Gasteiger partial charge in [-0.05, 0) is 71.9 Å². The molecule has 0 aliphatic carbocycles. The van der Waals surface area contributed by atoms with E-state index < -0.39 is 35.3 Å². The van der Waals surface area contributed by atoms with E-state index in [9.17, 15) is 23.6 Å². The number of carbonyl (C=O) groups is 4. The van der Waals surface area contributed by atoms with Gasteiger partial charge < -0.3 is 15.4 Å². The van der Waals surface area contributed by atoms with Gasteiger partial charge in [0, 0.05) is 5.69 Å². The lowest BCUT2D eigenvalue weighted by molar-refractivity contribution is -0.127. The number of thioether (sulfide) groups is 1. The molecule has 1 saturated heterocycles. The van der Waals surface area contributed by atoms with Gasteiger partial charge in [-0.3, -0.25) is 24.1 Å². The normalized spacial score (nSPS) is 14.1. The number of anilines is 2. The summed E-state index contributed by atoms with van der Waals surface area (Å²) in [7, 11) is 0. The number of ether oxygens (including phenoxy) is 1. The number of carbonyl (C=O) groups excluding carboxylic acids is 4. The van der Waals surface area contributed by atoms with Crippen LogP contribution in [-0.4, -0.2) is 41.0 Å². The maximum Gasteiger partial charge on any atom is 0.294 e.